The summed E-state index contributed by atoms with van der Waals surface area (Å²) in [5.74, 6) is -2.08. The molecule has 4 nitrogen and oxygen atoms in total. The van der Waals surface area contributed by atoms with E-state index in [1.54, 1.807) is 13.8 Å². The molecule has 1 heterocycles. The molecular formula is C14H14N2O2. The zero-order chi connectivity index (χ0) is 13.3. The minimum Gasteiger partial charge on any atom is -0.295 e. The van der Waals surface area contributed by atoms with Gasteiger partial charge in [0.2, 0.25) is 11.8 Å². The first-order valence-corrected chi connectivity index (χ1v) is 5.78. The van der Waals surface area contributed by atoms with Gasteiger partial charge in [0, 0.05) is 5.92 Å². The van der Waals surface area contributed by atoms with Crippen LogP contribution in [0.4, 0.5) is 0 Å². The zero-order valence-corrected chi connectivity index (χ0v) is 10.3. The summed E-state index contributed by atoms with van der Waals surface area (Å²) >= 11 is 0. The number of nitriles is 1. The van der Waals surface area contributed by atoms with Crippen molar-refractivity contribution in [2.24, 2.45) is 11.3 Å². The number of hydrogen-bond acceptors (Lipinski definition) is 3. The molecule has 0 aromatic heterocycles. The third-order valence-corrected chi connectivity index (χ3v) is 3.51. The van der Waals surface area contributed by atoms with E-state index in [9.17, 15) is 14.9 Å². The topological polar surface area (TPSA) is 70.0 Å². The van der Waals surface area contributed by atoms with E-state index in [4.69, 9.17) is 0 Å². The molecule has 4 heteroatoms. The van der Waals surface area contributed by atoms with E-state index in [-0.39, 0.29) is 5.91 Å². The molecule has 18 heavy (non-hydrogen) atoms. The molecule has 1 aromatic carbocycles. The summed E-state index contributed by atoms with van der Waals surface area (Å²) in [6, 6.07) is 11.3. The van der Waals surface area contributed by atoms with Crippen LogP contribution in [0.2, 0.25) is 0 Å². The van der Waals surface area contributed by atoms with Crippen LogP contribution in [0.1, 0.15) is 25.3 Å². The summed E-state index contributed by atoms with van der Waals surface area (Å²) in [6.07, 6.45) is 0. The van der Waals surface area contributed by atoms with E-state index in [0.717, 1.165) is 5.56 Å². The van der Waals surface area contributed by atoms with Gasteiger partial charge in [0.1, 0.15) is 5.92 Å². The first-order valence-electron chi connectivity index (χ1n) is 5.78. The van der Waals surface area contributed by atoms with Crippen molar-refractivity contribution < 1.29 is 9.59 Å². The molecule has 0 radical (unpaired) electrons. The van der Waals surface area contributed by atoms with Crippen LogP contribution in [-0.2, 0) is 9.59 Å². The van der Waals surface area contributed by atoms with Crippen LogP contribution >= 0.6 is 0 Å². The Morgan fingerprint density at radius 1 is 1.22 bits per heavy atom. The number of benzene rings is 1. The van der Waals surface area contributed by atoms with Crippen molar-refractivity contribution in [2.45, 2.75) is 19.8 Å². The van der Waals surface area contributed by atoms with Crippen LogP contribution in [0.3, 0.4) is 0 Å². The van der Waals surface area contributed by atoms with Gasteiger partial charge in [-0.25, -0.2) is 0 Å². The number of imide groups is 1. The van der Waals surface area contributed by atoms with Crippen LogP contribution in [0.15, 0.2) is 30.3 Å². The SMILES string of the molecule is CC1(C)C(=O)NC(=O)[C@@H](C#N)[C@@H]1c1ccccc1. The average molecular weight is 242 g/mol. The first kappa shape index (κ1) is 12.3. The number of rotatable bonds is 1. The van der Waals surface area contributed by atoms with Gasteiger partial charge in [-0.2, -0.15) is 5.26 Å². The molecule has 2 atom stereocenters. The number of carbonyl (C=O) groups is 2. The molecular weight excluding hydrogens is 228 g/mol. The molecule has 0 bridgehead atoms. The number of hydrogen-bond donors (Lipinski definition) is 1. The largest absolute Gasteiger partial charge is 0.295 e. The van der Waals surface area contributed by atoms with Gasteiger partial charge in [0.25, 0.3) is 0 Å². The normalized spacial score (nSPS) is 26.3. The number of carbonyl (C=O) groups excluding carboxylic acids is 2. The Hall–Kier alpha value is -2.15. The van der Waals surface area contributed by atoms with Gasteiger partial charge in [0.15, 0.2) is 0 Å². The fourth-order valence-electron chi connectivity index (χ4n) is 2.46. The van der Waals surface area contributed by atoms with Crippen LogP contribution in [0.25, 0.3) is 0 Å². The molecule has 0 unspecified atom stereocenters. The van der Waals surface area contributed by atoms with Crippen LogP contribution in [0, 0.1) is 22.7 Å². The molecule has 2 rings (SSSR count). The molecule has 1 aromatic rings. The maximum atomic E-state index is 11.9. The molecule has 92 valence electrons. The Bertz CT molecular complexity index is 528. The highest BCUT2D eigenvalue weighted by Crippen LogP contribution is 2.43. The Morgan fingerprint density at radius 3 is 2.39 bits per heavy atom. The highest BCUT2D eigenvalue weighted by Gasteiger charge is 2.50. The van der Waals surface area contributed by atoms with Crippen LogP contribution in [-0.4, -0.2) is 11.8 Å². The fraction of sp³-hybridized carbons (Fsp3) is 0.357. The molecule has 0 aliphatic carbocycles. The predicted octanol–water partition coefficient (Wildman–Crippen LogP) is 1.59. The smallest absolute Gasteiger partial charge is 0.244 e. The lowest BCUT2D eigenvalue weighted by atomic mass is 9.65. The summed E-state index contributed by atoms with van der Waals surface area (Å²) in [6.45, 7) is 3.52. The van der Waals surface area contributed by atoms with E-state index in [0.29, 0.717) is 0 Å². The Kier molecular flexibility index (Phi) is 2.92. The third-order valence-electron chi connectivity index (χ3n) is 3.51. The molecule has 0 saturated carbocycles. The van der Waals surface area contributed by atoms with Gasteiger partial charge in [0.05, 0.1) is 11.5 Å². The second-order valence-electron chi connectivity index (χ2n) is 5.04. The number of amides is 2. The van der Waals surface area contributed by atoms with Crippen molar-refractivity contribution in [3.05, 3.63) is 35.9 Å². The van der Waals surface area contributed by atoms with Crippen molar-refractivity contribution >= 4 is 11.8 Å². The Balaban J connectivity index is 2.54. The minimum absolute atomic E-state index is 0.326. The quantitative estimate of drug-likeness (QED) is 0.760. The second-order valence-corrected chi connectivity index (χ2v) is 5.04. The molecule has 2 amide bonds. The highest BCUT2D eigenvalue weighted by atomic mass is 16.2. The zero-order valence-electron chi connectivity index (χ0n) is 10.3. The lowest BCUT2D eigenvalue weighted by Crippen LogP contribution is -2.54. The number of piperidine rings is 1. The summed E-state index contributed by atoms with van der Waals surface area (Å²) < 4.78 is 0. The predicted molar refractivity (Wildman–Crippen MR) is 65.2 cm³/mol. The molecule has 1 fully saturated rings. The first-order chi connectivity index (χ1) is 8.48. The van der Waals surface area contributed by atoms with E-state index in [1.165, 1.54) is 0 Å². The summed E-state index contributed by atoms with van der Waals surface area (Å²) in [5.41, 5.74) is 0.0626. The van der Waals surface area contributed by atoms with E-state index in [1.807, 2.05) is 36.4 Å². The van der Waals surface area contributed by atoms with Crippen molar-refractivity contribution in [3.63, 3.8) is 0 Å². The van der Waals surface area contributed by atoms with Gasteiger partial charge < -0.3 is 0 Å². The number of nitrogens with one attached hydrogen (secondary N) is 1. The molecule has 1 saturated heterocycles. The van der Waals surface area contributed by atoms with E-state index in [2.05, 4.69) is 5.32 Å². The number of nitrogens with zero attached hydrogens (tertiary/aromatic N) is 1. The Labute approximate surface area is 106 Å². The monoisotopic (exact) mass is 242 g/mol. The van der Waals surface area contributed by atoms with E-state index >= 15 is 0 Å². The Morgan fingerprint density at radius 2 is 1.83 bits per heavy atom. The van der Waals surface area contributed by atoms with Crippen molar-refractivity contribution in [2.75, 3.05) is 0 Å². The lowest BCUT2D eigenvalue weighted by Gasteiger charge is -2.39. The van der Waals surface area contributed by atoms with Gasteiger partial charge in [-0.05, 0) is 5.56 Å². The van der Waals surface area contributed by atoms with Crippen LogP contribution < -0.4 is 5.32 Å². The van der Waals surface area contributed by atoms with Crippen molar-refractivity contribution in [3.8, 4) is 6.07 Å². The second kappa shape index (κ2) is 4.26. The molecule has 1 aliphatic rings. The lowest BCUT2D eigenvalue weighted by molar-refractivity contribution is -0.144. The van der Waals surface area contributed by atoms with Crippen LogP contribution in [0.5, 0.6) is 0 Å². The maximum absolute atomic E-state index is 11.9. The van der Waals surface area contributed by atoms with Gasteiger partial charge >= 0.3 is 0 Å². The maximum Gasteiger partial charge on any atom is 0.244 e. The summed E-state index contributed by atoms with van der Waals surface area (Å²) in [5, 5.41) is 11.5. The average Bonchev–Trinajstić information content (AvgIpc) is 2.34. The fourth-order valence-corrected chi connectivity index (χ4v) is 2.46. The van der Waals surface area contributed by atoms with E-state index < -0.39 is 23.2 Å². The molecule has 0 spiro atoms. The van der Waals surface area contributed by atoms with Crippen molar-refractivity contribution in [1.29, 1.82) is 5.26 Å². The third kappa shape index (κ3) is 1.78. The standard InChI is InChI=1S/C14H14N2O2/c1-14(2)11(9-6-4-3-5-7-9)10(8-15)12(17)16-13(14)18/h3-7,10-11H,1-2H3,(H,16,17,18)/t10-,11-/m0/s1. The highest BCUT2D eigenvalue weighted by molar-refractivity contribution is 6.03. The van der Waals surface area contributed by atoms with Gasteiger partial charge in [-0.1, -0.05) is 44.2 Å². The molecule has 1 N–H and O–H groups in total. The van der Waals surface area contributed by atoms with Gasteiger partial charge in [-0.3, -0.25) is 14.9 Å². The summed E-state index contributed by atoms with van der Waals surface area (Å²) in [7, 11) is 0. The van der Waals surface area contributed by atoms with Gasteiger partial charge in [-0.15, -0.1) is 0 Å². The summed E-state index contributed by atoms with van der Waals surface area (Å²) in [4.78, 5) is 23.7. The molecule has 1 aliphatic heterocycles. The van der Waals surface area contributed by atoms with Crippen molar-refractivity contribution in [1.82, 2.24) is 5.32 Å². The minimum atomic E-state index is -0.833.